The van der Waals surface area contributed by atoms with Crippen molar-refractivity contribution in [1.82, 2.24) is 15.0 Å². The highest BCUT2D eigenvalue weighted by molar-refractivity contribution is 7.92. The van der Waals surface area contributed by atoms with Crippen LogP contribution in [-0.4, -0.2) is 23.4 Å². The highest BCUT2D eigenvalue weighted by Gasteiger charge is 2.20. The predicted molar refractivity (Wildman–Crippen MR) is 125 cm³/mol. The molecule has 0 amide bonds. The van der Waals surface area contributed by atoms with Gasteiger partial charge in [0.2, 0.25) is 5.28 Å². The molecule has 164 valence electrons. The first kappa shape index (κ1) is 22.3. The third kappa shape index (κ3) is 4.79. The van der Waals surface area contributed by atoms with Gasteiger partial charge in [-0.1, -0.05) is 32.0 Å². The molecule has 0 aliphatic carbocycles. The summed E-state index contributed by atoms with van der Waals surface area (Å²) in [5.74, 6) is -0.432. The number of thiazole rings is 1. The van der Waals surface area contributed by atoms with Crippen LogP contribution in [0.2, 0.25) is 5.28 Å². The van der Waals surface area contributed by atoms with Gasteiger partial charge in [0.05, 0.1) is 26.2 Å². The van der Waals surface area contributed by atoms with Gasteiger partial charge in [-0.05, 0) is 48.0 Å². The van der Waals surface area contributed by atoms with Gasteiger partial charge in [-0.25, -0.2) is 27.8 Å². The van der Waals surface area contributed by atoms with E-state index in [1.54, 1.807) is 30.5 Å². The molecule has 0 saturated heterocycles. The van der Waals surface area contributed by atoms with E-state index in [4.69, 9.17) is 16.6 Å². The molecule has 0 radical (unpaired) electrons. The molecular weight excluding hydrogens is 471 g/mol. The van der Waals surface area contributed by atoms with Crippen molar-refractivity contribution in [3.63, 3.8) is 0 Å². The Morgan fingerprint density at radius 1 is 1.06 bits per heavy atom. The van der Waals surface area contributed by atoms with E-state index in [1.807, 2.05) is 19.9 Å². The van der Waals surface area contributed by atoms with Gasteiger partial charge in [0.25, 0.3) is 10.0 Å². The van der Waals surface area contributed by atoms with Crippen molar-refractivity contribution >= 4 is 38.6 Å². The summed E-state index contributed by atoms with van der Waals surface area (Å²) < 4.78 is 41.4. The molecular formula is C22H18ClFN4O2S2. The molecule has 0 fully saturated rings. The summed E-state index contributed by atoms with van der Waals surface area (Å²) in [6, 6.07) is 13.5. The molecule has 6 nitrogen and oxygen atoms in total. The number of benzene rings is 2. The Morgan fingerprint density at radius 3 is 2.56 bits per heavy atom. The zero-order valence-corrected chi connectivity index (χ0v) is 19.5. The van der Waals surface area contributed by atoms with Crippen LogP contribution in [0, 0.1) is 5.82 Å². The lowest BCUT2D eigenvalue weighted by molar-refractivity contribution is 0.595. The molecule has 2 heterocycles. The van der Waals surface area contributed by atoms with Crippen LogP contribution < -0.4 is 4.72 Å². The first-order valence-corrected chi connectivity index (χ1v) is 12.3. The predicted octanol–water partition coefficient (Wildman–Crippen LogP) is 5.98. The third-order valence-corrected chi connectivity index (χ3v) is 7.43. The van der Waals surface area contributed by atoms with Crippen molar-refractivity contribution in [3.8, 4) is 21.8 Å². The zero-order valence-electron chi connectivity index (χ0n) is 17.1. The topological polar surface area (TPSA) is 84.8 Å². The van der Waals surface area contributed by atoms with Crippen molar-refractivity contribution in [1.29, 1.82) is 0 Å². The number of aromatic nitrogens is 3. The number of halogens is 2. The highest BCUT2D eigenvalue weighted by Crippen LogP contribution is 2.39. The summed E-state index contributed by atoms with van der Waals surface area (Å²) >= 11 is 7.49. The summed E-state index contributed by atoms with van der Waals surface area (Å²) in [5.41, 5.74) is 2.34. The Hall–Kier alpha value is -2.88. The SMILES string of the molecule is CC(C)c1nc(-c2cccc(NS(=O)(=O)c3cccc(F)c3)c2)c(-c2ccnc(Cl)n2)s1. The van der Waals surface area contributed by atoms with E-state index in [2.05, 4.69) is 14.7 Å². The molecule has 0 saturated carbocycles. The van der Waals surface area contributed by atoms with E-state index in [0.717, 1.165) is 16.0 Å². The Balaban J connectivity index is 1.75. The normalized spacial score (nSPS) is 11.7. The van der Waals surface area contributed by atoms with Crippen molar-refractivity contribution in [2.24, 2.45) is 0 Å². The zero-order chi connectivity index (χ0) is 22.9. The average molecular weight is 489 g/mol. The van der Waals surface area contributed by atoms with Crippen molar-refractivity contribution < 1.29 is 12.8 Å². The van der Waals surface area contributed by atoms with Crippen molar-refractivity contribution in [2.45, 2.75) is 24.7 Å². The quantitative estimate of drug-likeness (QED) is 0.337. The largest absolute Gasteiger partial charge is 0.280 e. The maximum Gasteiger partial charge on any atom is 0.261 e. The molecule has 0 aliphatic rings. The Morgan fingerprint density at radius 2 is 1.84 bits per heavy atom. The van der Waals surface area contributed by atoms with Gasteiger partial charge < -0.3 is 0 Å². The van der Waals surface area contributed by atoms with Gasteiger partial charge in [-0.3, -0.25) is 4.72 Å². The smallest absolute Gasteiger partial charge is 0.261 e. The second-order valence-electron chi connectivity index (χ2n) is 7.24. The molecule has 0 spiro atoms. The van der Waals surface area contributed by atoms with E-state index in [1.165, 1.54) is 29.5 Å². The van der Waals surface area contributed by atoms with Crippen LogP contribution in [0.1, 0.15) is 24.8 Å². The number of rotatable bonds is 6. The average Bonchev–Trinajstić information content (AvgIpc) is 3.20. The van der Waals surface area contributed by atoms with Crippen LogP contribution in [0.15, 0.2) is 65.7 Å². The Bertz CT molecular complexity index is 1390. The van der Waals surface area contributed by atoms with Gasteiger partial charge in [-0.2, -0.15) is 0 Å². The van der Waals surface area contributed by atoms with Gasteiger partial charge in [0.15, 0.2) is 0 Å². The number of nitrogens with zero attached hydrogens (tertiary/aromatic N) is 3. The van der Waals surface area contributed by atoms with E-state index in [9.17, 15) is 12.8 Å². The fourth-order valence-electron chi connectivity index (χ4n) is 2.99. The number of hydrogen-bond donors (Lipinski definition) is 1. The maximum atomic E-state index is 13.5. The first-order valence-electron chi connectivity index (χ1n) is 9.61. The fraction of sp³-hybridized carbons (Fsp3) is 0.136. The van der Waals surface area contributed by atoms with E-state index >= 15 is 0 Å². The van der Waals surface area contributed by atoms with E-state index in [0.29, 0.717) is 22.6 Å². The summed E-state index contributed by atoms with van der Waals surface area (Å²) in [6.45, 7) is 4.09. The maximum absolute atomic E-state index is 13.5. The summed E-state index contributed by atoms with van der Waals surface area (Å²) in [5, 5.41) is 1.04. The molecule has 0 aliphatic heterocycles. The Labute approximate surface area is 194 Å². The number of hydrogen-bond acceptors (Lipinski definition) is 6. The Kier molecular flexibility index (Phi) is 6.23. The molecule has 10 heteroatoms. The van der Waals surface area contributed by atoms with E-state index in [-0.39, 0.29) is 16.1 Å². The molecule has 1 N–H and O–H groups in total. The molecule has 0 atom stereocenters. The second-order valence-corrected chi connectivity index (χ2v) is 10.3. The first-order chi connectivity index (χ1) is 15.2. The summed E-state index contributed by atoms with van der Waals surface area (Å²) in [7, 11) is -3.96. The van der Waals surface area contributed by atoms with Crippen LogP contribution in [0.4, 0.5) is 10.1 Å². The lowest BCUT2D eigenvalue weighted by Crippen LogP contribution is -2.13. The van der Waals surface area contributed by atoms with Gasteiger partial charge in [0, 0.05) is 23.4 Å². The standard InChI is InChI=1S/C22H18ClFN4O2S2/c1-13(2)21-27-19(20(31-21)18-9-10-25-22(23)26-18)14-5-3-7-16(11-14)28-32(29,30)17-8-4-6-15(24)12-17/h3-13,28H,1-2H3. The summed E-state index contributed by atoms with van der Waals surface area (Å²) in [6.07, 6.45) is 1.58. The minimum atomic E-state index is -3.96. The number of sulfonamides is 1. The second kappa shape index (κ2) is 8.93. The summed E-state index contributed by atoms with van der Waals surface area (Å²) in [4.78, 5) is 13.7. The third-order valence-electron chi connectivity index (χ3n) is 4.49. The van der Waals surface area contributed by atoms with Gasteiger partial charge in [-0.15, -0.1) is 11.3 Å². The lowest BCUT2D eigenvalue weighted by Gasteiger charge is -2.10. The van der Waals surface area contributed by atoms with Crippen LogP contribution in [-0.2, 0) is 10.0 Å². The number of nitrogens with one attached hydrogen (secondary N) is 1. The lowest BCUT2D eigenvalue weighted by atomic mass is 10.1. The molecule has 2 aromatic heterocycles. The molecule has 0 bridgehead atoms. The minimum Gasteiger partial charge on any atom is -0.280 e. The molecule has 2 aromatic carbocycles. The van der Waals surface area contributed by atoms with E-state index < -0.39 is 15.8 Å². The van der Waals surface area contributed by atoms with Gasteiger partial charge in [0.1, 0.15) is 5.82 Å². The molecule has 32 heavy (non-hydrogen) atoms. The van der Waals surface area contributed by atoms with Crippen molar-refractivity contribution in [2.75, 3.05) is 4.72 Å². The molecule has 4 aromatic rings. The van der Waals surface area contributed by atoms with Gasteiger partial charge >= 0.3 is 0 Å². The molecule has 0 unspecified atom stereocenters. The minimum absolute atomic E-state index is 0.129. The van der Waals surface area contributed by atoms with Crippen LogP contribution in [0.3, 0.4) is 0 Å². The number of anilines is 1. The van der Waals surface area contributed by atoms with Crippen LogP contribution in [0.5, 0.6) is 0 Å². The van der Waals surface area contributed by atoms with Crippen LogP contribution in [0.25, 0.3) is 21.8 Å². The monoisotopic (exact) mass is 488 g/mol. The highest BCUT2D eigenvalue weighted by atomic mass is 35.5. The molecule has 4 rings (SSSR count). The fourth-order valence-corrected chi connectivity index (χ4v) is 5.28. The van der Waals surface area contributed by atoms with Crippen LogP contribution >= 0.6 is 22.9 Å². The van der Waals surface area contributed by atoms with Crippen molar-refractivity contribution in [3.05, 3.63) is 76.9 Å².